The lowest BCUT2D eigenvalue weighted by Crippen LogP contribution is -2.48. The number of pyridine rings is 2. The Morgan fingerprint density at radius 1 is 1.00 bits per heavy atom. The van der Waals surface area contributed by atoms with E-state index in [1.165, 1.54) is 28.3 Å². The Bertz CT molecular complexity index is 1350. The van der Waals surface area contributed by atoms with Crippen molar-refractivity contribution in [1.29, 1.82) is 5.26 Å². The van der Waals surface area contributed by atoms with Gasteiger partial charge in [0.05, 0.1) is 35.9 Å². The van der Waals surface area contributed by atoms with Crippen molar-refractivity contribution in [2.45, 2.75) is 26.2 Å². The maximum atomic E-state index is 9.98. The summed E-state index contributed by atoms with van der Waals surface area (Å²) in [5.41, 5.74) is 7.46. The number of nitrogens with one attached hydrogen (secondary N) is 1. The molecule has 1 fully saturated rings. The van der Waals surface area contributed by atoms with Gasteiger partial charge in [0, 0.05) is 6.07 Å². The van der Waals surface area contributed by atoms with Crippen LogP contribution in [0.1, 0.15) is 28.7 Å². The standard InChI is InChI=1S/C25H24N6/c1-17-9-10-27-23(15-17)29-11-13-30(14-12-29)25-19-6-4-5-18(19)20(16-26)24-28-21-7-2-3-8-22(21)31(24)25/h2-3,7-10,15H,4-6,11-14H2,1H3/p+1. The van der Waals surface area contributed by atoms with E-state index >= 15 is 0 Å². The molecule has 0 atom stereocenters. The fraction of sp³-hybridized carbons (Fsp3) is 0.320. The summed E-state index contributed by atoms with van der Waals surface area (Å²) in [6.45, 7) is 5.95. The molecule has 1 aliphatic carbocycles. The Kier molecular flexibility index (Phi) is 4.10. The van der Waals surface area contributed by atoms with Gasteiger partial charge in [-0.05, 0) is 61.1 Å². The summed E-state index contributed by atoms with van der Waals surface area (Å²) >= 11 is 0. The van der Waals surface area contributed by atoms with Crippen molar-refractivity contribution in [3.8, 4) is 6.07 Å². The first-order valence-electron chi connectivity index (χ1n) is 11.1. The SMILES string of the molecule is Cc1cc[nH+]c(N2CCN(c3c4c(c(C#N)c5nc6ccccc6n35)CCC4)CC2)c1. The highest BCUT2D eigenvalue weighted by Crippen LogP contribution is 2.38. The second-order valence-corrected chi connectivity index (χ2v) is 8.61. The Morgan fingerprint density at radius 3 is 2.58 bits per heavy atom. The number of nitriles is 1. The molecule has 1 aliphatic heterocycles. The van der Waals surface area contributed by atoms with Crippen molar-refractivity contribution >= 4 is 28.3 Å². The molecule has 0 unspecified atom stereocenters. The van der Waals surface area contributed by atoms with Crippen LogP contribution in [0.15, 0.2) is 42.6 Å². The van der Waals surface area contributed by atoms with Gasteiger partial charge in [0.1, 0.15) is 25.0 Å². The lowest BCUT2D eigenvalue weighted by molar-refractivity contribution is -0.364. The molecular formula is C25H25N6+. The third-order valence-electron chi connectivity index (χ3n) is 6.76. The molecule has 1 saturated heterocycles. The van der Waals surface area contributed by atoms with Crippen molar-refractivity contribution in [1.82, 2.24) is 9.38 Å². The first kappa shape index (κ1) is 18.2. The number of rotatable bonds is 2. The number of H-pyrrole nitrogens is 1. The van der Waals surface area contributed by atoms with Crippen LogP contribution in [-0.4, -0.2) is 35.6 Å². The number of imidazole rings is 1. The molecule has 0 bridgehead atoms. The highest BCUT2D eigenvalue weighted by atomic mass is 15.3. The van der Waals surface area contributed by atoms with E-state index in [4.69, 9.17) is 4.98 Å². The van der Waals surface area contributed by atoms with Gasteiger partial charge in [-0.2, -0.15) is 5.26 Å². The van der Waals surface area contributed by atoms with Gasteiger partial charge >= 0.3 is 0 Å². The monoisotopic (exact) mass is 409 g/mol. The molecule has 0 spiro atoms. The van der Waals surface area contributed by atoms with E-state index in [9.17, 15) is 5.26 Å². The van der Waals surface area contributed by atoms with Crippen molar-refractivity contribution in [3.63, 3.8) is 0 Å². The molecule has 6 nitrogen and oxygen atoms in total. The van der Waals surface area contributed by atoms with Gasteiger partial charge in [0.2, 0.25) is 0 Å². The fourth-order valence-corrected chi connectivity index (χ4v) is 5.30. The number of aromatic nitrogens is 3. The van der Waals surface area contributed by atoms with Crippen LogP contribution in [0.25, 0.3) is 16.7 Å². The van der Waals surface area contributed by atoms with Crippen LogP contribution in [0.5, 0.6) is 0 Å². The third kappa shape index (κ3) is 2.77. The number of nitrogens with zero attached hydrogens (tertiary/aromatic N) is 5. The fourth-order valence-electron chi connectivity index (χ4n) is 5.30. The lowest BCUT2D eigenvalue weighted by atomic mass is 10.0. The number of aromatic amines is 1. The van der Waals surface area contributed by atoms with Gasteiger partial charge in [-0.25, -0.2) is 9.97 Å². The number of anilines is 2. The van der Waals surface area contributed by atoms with Crippen LogP contribution < -0.4 is 14.8 Å². The summed E-state index contributed by atoms with van der Waals surface area (Å²) in [4.78, 5) is 13.2. The normalized spacial score (nSPS) is 16.1. The minimum Gasteiger partial charge on any atom is -0.350 e. The summed E-state index contributed by atoms with van der Waals surface area (Å²) in [6.07, 6.45) is 5.14. The van der Waals surface area contributed by atoms with Crippen LogP contribution in [0, 0.1) is 18.3 Å². The second-order valence-electron chi connectivity index (χ2n) is 8.61. The molecule has 1 aromatic carbocycles. The number of para-hydroxylation sites is 2. The predicted molar refractivity (Wildman–Crippen MR) is 122 cm³/mol. The van der Waals surface area contributed by atoms with Gasteiger partial charge in [-0.3, -0.25) is 9.30 Å². The molecule has 0 amide bonds. The number of hydrogen-bond acceptors (Lipinski definition) is 4. The van der Waals surface area contributed by atoms with Gasteiger partial charge < -0.3 is 4.90 Å². The van der Waals surface area contributed by atoms with Crippen molar-refractivity contribution in [2.24, 2.45) is 0 Å². The average molecular weight is 410 g/mol. The van der Waals surface area contributed by atoms with Crippen molar-refractivity contribution in [3.05, 3.63) is 64.8 Å². The summed E-state index contributed by atoms with van der Waals surface area (Å²) in [6, 6.07) is 15.0. The van der Waals surface area contributed by atoms with E-state index < -0.39 is 0 Å². The van der Waals surface area contributed by atoms with Crippen molar-refractivity contribution < 1.29 is 4.98 Å². The zero-order valence-corrected chi connectivity index (χ0v) is 17.7. The Morgan fingerprint density at radius 2 is 1.77 bits per heavy atom. The van der Waals surface area contributed by atoms with E-state index in [0.29, 0.717) is 0 Å². The second kappa shape index (κ2) is 6.98. The smallest absolute Gasteiger partial charge is 0.274 e. The molecule has 2 aliphatic rings. The van der Waals surface area contributed by atoms with E-state index in [-0.39, 0.29) is 0 Å². The molecule has 31 heavy (non-hydrogen) atoms. The number of fused-ring (bicyclic) bond motifs is 4. The molecule has 6 heteroatoms. The zero-order valence-electron chi connectivity index (χ0n) is 17.7. The van der Waals surface area contributed by atoms with Crippen LogP contribution in [0.3, 0.4) is 0 Å². The number of benzene rings is 1. The quantitative estimate of drug-likeness (QED) is 0.510. The van der Waals surface area contributed by atoms with E-state index in [1.807, 2.05) is 18.3 Å². The summed E-state index contributed by atoms with van der Waals surface area (Å²) in [5, 5.41) is 9.98. The predicted octanol–water partition coefficient (Wildman–Crippen LogP) is 3.30. The van der Waals surface area contributed by atoms with E-state index in [1.54, 1.807) is 0 Å². The topological polar surface area (TPSA) is 61.7 Å². The van der Waals surface area contributed by atoms with Gasteiger partial charge in [0.15, 0.2) is 5.65 Å². The number of piperazine rings is 1. The minimum absolute atomic E-state index is 0.764. The minimum atomic E-state index is 0.764. The molecule has 3 aromatic heterocycles. The maximum Gasteiger partial charge on any atom is 0.274 e. The highest BCUT2D eigenvalue weighted by molar-refractivity contribution is 5.86. The molecule has 6 rings (SSSR count). The van der Waals surface area contributed by atoms with Crippen LogP contribution in [0.2, 0.25) is 0 Å². The molecule has 0 radical (unpaired) electrons. The molecule has 4 heterocycles. The van der Waals surface area contributed by atoms with E-state index in [0.717, 1.165) is 67.7 Å². The number of hydrogen-bond donors (Lipinski definition) is 0. The van der Waals surface area contributed by atoms with E-state index in [2.05, 4.69) is 56.4 Å². The van der Waals surface area contributed by atoms with Gasteiger partial charge in [-0.1, -0.05) is 12.1 Å². The Balaban J connectivity index is 1.47. The molecule has 154 valence electrons. The summed E-state index contributed by atoms with van der Waals surface area (Å²) in [7, 11) is 0. The molecule has 4 aromatic rings. The van der Waals surface area contributed by atoms with Crippen LogP contribution in [-0.2, 0) is 12.8 Å². The number of aryl methyl sites for hydroxylation is 1. The molecular weight excluding hydrogens is 384 g/mol. The first-order valence-corrected chi connectivity index (χ1v) is 11.1. The van der Waals surface area contributed by atoms with Gasteiger partial charge in [-0.15, -0.1) is 0 Å². The summed E-state index contributed by atoms with van der Waals surface area (Å²) < 4.78 is 2.26. The highest BCUT2D eigenvalue weighted by Gasteiger charge is 2.31. The maximum absolute atomic E-state index is 9.98. The van der Waals surface area contributed by atoms with Crippen LogP contribution in [0.4, 0.5) is 11.6 Å². The van der Waals surface area contributed by atoms with Gasteiger partial charge in [0.25, 0.3) is 5.82 Å². The Hall–Kier alpha value is -3.59. The average Bonchev–Trinajstić information content (AvgIpc) is 3.43. The lowest BCUT2D eigenvalue weighted by Gasteiger charge is -2.34. The third-order valence-corrected chi connectivity index (χ3v) is 6.76. The largest absolute Gasteiger partial charge is 0.350 e. The van der Waals surface area contributed by atoms with Crippen LogP contribution >= 0.6 is 0 Å². The first-order chi connectivity index (χ1) is 15.2. The van der Waals surface area contributed by atoms with Crippen molar-refractivity contribution in [2.75, 3.05) is 36.0 Å². The zero-order chi connectivity index (χ0) is 20.9. The summed E-state index contributed by atoms with van der Waals surface area (Å²) in [5.74, 6) is 2.44. The Labute approximate surface area is 181 Å². The molecule has 1 N–H and O–H groups in total. The molecule has 0 saturated carbocycles.